The largest absolute Gasteiger partial charge is 0.502 e. The Morgan fingerprint density at radius 1 is 1.26 bits per heavy atom. The monoisotopic (exact) mass is 499 g/mol. The molecular formula is C26H27Cl2N3O3. The van der Waals surface area contributed by atoms with Gasteiger partial charge in [0.05, 0.1) is 12.2 Å². The van der Waals surface area contributed by atoms with Crippen LogP contribution in [0, 0.1) is 11.3 Å². The number of halogens is 2. The molecule has 5 rings (SSSR count). The molecule has 2 aliphatic carbocycles. The van der Waals surface area contributed by atoms with Gasteiger partial charge in [0, 0.05) is 29.1 Å². The van der Waals surface area contributed by atoms with Gasteiger partial charge in [0.1, 0.15) is 0 Å². The van der Waals surface area contributed by atoms with Crippen LogP contribution in [0.4, 0.5) is 0 Å². The van der Waals surface area contributed by atoms with Gasteiger partial charge in [0.15, 0.2) is 11.4 Å². The van der Waals surface area contributed by atoms with E-state index in [1.54, 1.807) is 9.58 Å². The number of hydrogen-bond donors (Lipinski definition) is 1. The van der Waals surface area contributed by atoms with E-state index in [4.69, 9.17) is 23.2 Å². The van der Waals surface area contributed by atoms with Crippen molar-refractivity contribution in [1.82, 2.24) is 14.7 Å². The van der Waals surface area contributed by atoms with Crippen LogP contribution in [0.1, 0.15) is 60.3 Å². The highest BCUT2D eigenvalue weighted by Gasteiger charge is 2.48. The van der Waals surface area contributed by atoms with Gasteiger partial charge >= 0.3 is 0 Å². The van der Waals surface area contributed by atoms with E-state index >= 15 is 0 Å². The summed E-state index contributed by atoms with van der Waals surface area (Å²) in [6.07, 6.45) is 9.84. The third-order valence-corrected chi connectivity index (χ3v) is 8.05. The number of nitrogens with zero attached hydrogens (tertiary/aromatic N) is 3. The first-order valence-electron chi connectivity index (χ1n) is 11.7. The van der Waals surface area contributed by atoms with Crippen LogP contribution in [-0.2, 0) is 6.42 Å². The minimum atomic E-state index is -0.651. The van der Waals surface area contributed by atoms with Crippen LogP contribution in [0.25, 0.3) is 0 Å². The van der Waals surface area contributed by atoms with Crippen molar-refractivity contribution in [2.24, 2.45) is 11.3 Å². The van der Waals surface area contributed by atoms with E-state index in [0.29, 0.717) is 23.1 Å². The molecule has 34 heavy (non-hydrogen) atoms. The third kappa shape index (κ3) is 3.68. The maximum atomic E-state index is 13.3. The van der Waals surface area contributed by atoms with E-state index in [9.17, 15) is 14.7 Å². The van der Waals surface area contributed by atoms with Gasteiger partial charge in [-0.15, -0.1) is 0 Å². The van der Waals surface area contributed by atoms with Crippen LogP contribution in [0.2, 0.25) is 5.02 Å². The van der Waals surface area contributed by atoms with Gasteiger partial charge in [-0.2, -0.15) is 5.10 Å². The second-order valence-corrected chi connectivity index (χ2v) is 10.6. The molecule has 178 valence electrons. The van der Waals surface area contributed by atoms with Crippen molar-refractivity contribution in [1.29, 1.82) is 0 Å². The van der Waals surface area contributed by atoms with Crippen LogP contribution in [0.5, 0.6) is 5.75 Å². The Bertz CT molecular complexity index is 1280. The lowest BCUT2D eigenvalue weighted by Gasteiger charge is -2.45. The summed E-state index contributed by atoms with van der Waals surface area (Å²) in [5.41, 5.74) is 1.40. The second kappa shape index (κ2) is 8.58. The van der Waals surface area contributed by atoms with Crippen molar-refractivity contribution in [3.63, 3.8) is 0 Å². The van der Waals surface area contributed by atoms with Crippen molar-refractivity contribution in [2.75, 3.05) is 13.1 Å². The summed E-state index contributed by atoms with van der Waals surface area (Å²) in [5, 5.41) is 16.4. The summed E-state index contributed by atoms with van der Waals surface area (Å²) in [7, 11) is 0. The molecule has 0 spiro atoms. The van der Waals surface area contributed by atoms with E-state index in [-0.39, 0.29) is 34.9 Å². The lowest BCUT2D eigenvalue weighted by Crippen LogP contribution is -2.49. The smallest absolute Gasteiger partial charge is 0.276 e. The van der Waals surface area contributed by atoms with E-state index in [1.807, 2.05) is 25.1 Å². The average Bonchev–Trinajstić information content (AvgIpc) is 2.91. The molecule has 1 aliphatic heterocycles. The Labute approximate surface area is 208 Å². The molecule has 1 aromatic carbocycles. The molecule has 0 saturated carbocycles. The predicted molar refractivity (Wildman–Crippen MR) is 133 cm³/mol. The van der Waals surface area contributed by atoms with Crippen molar-refractivity contribution in [2.45, 2.75) is 45.1 Å². The number of aromatic hydroxyl groups is 1. The number of fused-ring (bicyclic) bond motifs is 3. The summed E-state index contributed by atoms with van der Waals surface area (Å²) in [5.74, 6) is -0.927. The van der Waals surface area contributed by atoms with Crippen LogP contribution in [0.3, 0.4) is 0 Å². The highest BCUT2D eigenvalue weighted by molar-refractivity contribution is 6.31. The quantitative estimate of drug-likeness (QED) is 0.640. The Kier molecular flexibility index (Phi) is 5.85. The Balaban J connectivity index is 1.75. The van der Waals surface area contributed by atoms with Crippen LogP contribution < -0.4 is 5.43 Å². The third-order valence-electron chi connectivity index (χ3n) is 7.58. The zero-order chi connectivity index (χ0) is 24.2. The first kappa shape index (κ1) is 23.2. The molecule has 1 aromatic heterocycles. The molecule has 1 amide bonds. The molecule has 2 heterocycles. The fourth-order valence-corrected chi connectivity index (χ4v) is 6.49. The topological polar surface area (TPSA) is 75.4 Å². The maximum absolute atomic E-state index is 13.3. The average molecular weight is 500 g/mol. The zero-order valence-corrected chi connectivity index (χ0v) is 20.7. The normalized spacial score (nSPS) is 28.0. The fourth-order valence-electron chi connectivity index (χ4n) is 5.98. The molecule has 0 fully saturated rings. The van der Waals surface area contributed by atoms with E-state index in [1.165, 1.54) is 0 Å². The van der Waals surface area contributed by atoms with Gasteiger partial charge in [-0.3, -0.25) is 14.3 Å². The van der Waals surface area contributed by atoms with Crippen LogP contribution in [-0.4, -0.2) is 38.8 Å². The highest BCUT2D eigenvalue weighted by Crippen LogP contribution is 2.54. The van der Waals surface area contributed by atoms with Crippen LogP contribution >= 0.6 is 23.2 Å². The zero-order valence-electron chi connectivity index (χ0n) is 19.2. The minimum Gasteiger partial charge on any atom is -0.502 e. The standard InChI is InChI=1S/C26H27Cl2N3O3/c1-3-10-30-14-20(31-23(25(30)34)24(33)21(32)13-29-31)22-18-6-4-16(27)11-15(18)8-9-26(2)12-17(28)5-7-19(22)26/h4-7,11-13,19-20,22,33H,3,8-10,14H2,1-2H3. The number of allylic oxidation sites excluding steroid dienone is 4. The number of carbonyl (C=O) groups excluding carboxylic acids is 1. The molecule has 1 N–H and O–H groups in total. The summed E-state index contributed by atoms with van der Waals surface area (Å²) in [4.78, 5) is 27.2. The first-order chi connectivity index (χ1) is 16.2. The van der Waals surface area contributed by atoms with E-state index < -0.39 is 11.2 Å². The number of carbonyl (C=O) groups is 1. The molecule has 0 saturated heterocycles. The number of amides is 1. The predicted octanol–water partition coefficient (Wildman–Crippen LogP) is 5.05. The lowest BCUT2D eigenvalue weighted by atomic mass is 9.64. The highest BCUT2D eigenvalue weighted by atomic mass is 35.5. The summed E-state index contributed by atoms with van der Waals surface area (Å²) < 4.78 is 1.58. The molecule has 3 aliphatic rings. The Hall–Kier alpha value is -2.57. The summed E-state index contributed by atoms with van der Waals surface area (Å²) >= 11 is 12.9. The minimum absolute atomic E-state index is 0.0352. The van der Waals surface area contributed by atoms with E-state index in [0.717, 1.165) is 36.6 Å². The second-order valence-electron chi connectivity index (χ2n) is 9.76. The van der Waals surface area contributed by atoms with Gasteiger partial charge in [-0.25, -0.2) is 0 Å². The molecule has 6 nitrogen and oxygen atoms in total. The number of rotatable bonds is 3. The lowest BCUT2D eigenvalue weighted by molar-refractivity contribution is 0.0593. The molecule has 0 bridgehead atoms. The summed E-state index contributed by atoms with van der Waals surface area (Å²) in [6, 6.07) is 5.71. The van der Waals surface area contributed by atoms with Gasteiger partial charge in [-0.05, 0) is 59.9 Å². The SMILES string of the molecule is CCCN1CC(C2c3ccc(Cl)cc3CCC3(C)C=C(Cl)C=CC23)n2ncc(=O)c(O)c2C1=O. The van der Waals surface area contributed by atoms with Crippen LogP contribution in [0.15, 0.2) is 52.5 Å². The van der Waals surface area contributed by atoms with Crippen molar-refractivity contribution < 1.29 is 9.90 Å². The molecule has 4 atom stereocenters. The fraction of sp³-hybridized carbons (Fsp3) is 0.423. The Morgan fingerprint density at radius 3 is 2.82 bits per heavy atom. The van der Waals surface area contributed by atoms with Crippen molar-refractivity contribution in [3.05, 3.63) is 79.7 Å². The van der Waals surface area contributed by atoms with E-state index in [2.05, 4.69) is 30.2 Å². The summed E-state index contributed by atoms with van der Waals surface area (Å²) in [6.45, 7) is 5.18. The van der Waals surface area contributed by atoms with Crippen molar-refractivity contribution >= 4 is 29.1 Å². The molecule has 4 unspecified atom stereocenters. The maximum Gasteiger partial charge on any atom is 0.276 e. The van der Waals surface area contributed by atoms with Gasteiger partial charge in [-0.1, -0.05) is 55.3 Å². The number of aromatic nitrogens is 2. The Morgan fingerprint density at radius 2 is 2.06 bits per heavy atom. The van der Waals surface area contributed by atoms with Gasteiger partial charge in [0.2, 0.25) is 5.43 Å². The number of benzene rings is 1. The van der Waals surface area contributed by atoms with Gasteiger partial charge in [0.25, 0.3) is 5.91 Å². The first-order valence-corrected chi connectivity index (χ1v) is 12.4. The molecular weight excluding hydrogens is 473 g/mol. The molecule has 0 radical (unpaired) electrons. The van der Waals surface area contributed by atoms with Gasteiger partial charge < -0.3 is 10.0 Å². The molecule has 2 aromatic rings. The molecule has 8 heteroatoms. The van der Waals surface area contributed by atoms with Crippen molar-refractivity contribution in [3.8, 4) is 5.75 Å². The number of hydrogen-bond acceptors (Lipinski definition) is 4. The number of aryl methyl sites for hydroxylation is 1.